The Bertz CT molecular complexity index is 383. The Hall–Kier alpha value is -1.08. The molecule has 92 valence electrons. The molecule has 1 fully saturated rings. The first-order valence-corrected chi connectivity index (χ1v) is 6.72. The van der Waals surface area contributed by atoms with Crippen LogP contribution in [0.2, 0.25) is 0 Å². The first kappa shape index (κ1) is 12.4. The van der Waals surface area contributed by atoms with Crippen LogP contribution >= 0.6 is 0 Å². The molecular formula is C16H23N. The summed E-state index contributed by atoms with van der Waals surface area (Å²) >= 11 is 0. The molecule has 1 aliphatic heterocycles. The van der Waals surface area contributed by atoms with Crippen LogP contribution in [-0.2, 0) is 0 Å². The smallest absolute Gasteiger partial charge is 0.0357 e. The van der Waals surface area contributed by atoms with E-state index in [0.29, 0.717) is 6.04 Å². The SMILES string of the molecule is C=Cc1ccccc1[C@H]1NCC[C@H]1C(C)CC. The summed E-state index contributed by atoms with van der Waals surface area (Å²) < 4.78 is 0. The van der Waals surface area contributed by atoms with E-state index in [1.54, 1.807) is 0 Å². The second-order valence-electron chi connectivity index (χ2n) is 5.10. The van der Waals surface area contributed by atoms with Crippen LogP contribution in [0, 0.1) is 11.8 Å². The van der Waals surface area contributed by atoms with Crippen LogP contribution in [0.4, 0.5) is 0 Å². The van der Waals surface area contributed by atoms with Crippen LogP contribution in [0.25, 0.3) is 6.08 Å². The fraction of sp³-hybridized carbons (Fsp3) is 0.500. The second-order valence-corrected chi connectivity index (χ2v) is 5.10. The van der Waals surface area contributed by atoms with E-state index in [1.807, 2.05) is 6.08 Å². The predicted molar refractivity (Wildman–Crippen MR) is 74.8 cm³/mol. The van der Waals surface area contributed by atoms with Gasteiger partial charge in [-0.3, -0.25) is 0 Å². The quantitative estimate of drug-likeness (QED) is 0.822. The van der Waals surface area contributed by atoms with E-state index >= 15 is 0 Å². The molecule has 0 saturated carbocycles. The zero-order valence-electron chi connectivity index (χ0n) is 10.9. The van der Waals surface area contributed by atoms with Crippen molar-refractivity contribution in [3.8, 4) is 0 Å². The summed E-state index contributed by atoms with van der Waals surface area (Å²) in [7, 11) is 0. The molecule has 1 aliphatic rings. The van der Waals surface area contributed by atoms with Crippen LogP contribution in [0.1, 0.15) is 43.9 Å². The maximum absolute atomic E-state index is 3.93. The molecule has 17 heavy (non-hydrogen) atoms. The van der Waals surface area contributed by atoms with Gasteiger partial charge in [0.25, 0.3) is 0 Å². The minimum absolute atomic E-state index is 0.513. The first-order chi connectivity index (χ1) is 8.27. The molecule has 2 rings (SSSR count). The van der Waals surface area contributed by atoms with Crippen molar-refractivity contribution in [1.82, 2.24) is 5.32 Å². The zero-order valence-corrected chi connectivity index (χ0v) is 10.9. The molecule has 1 unspecified atom stereocenters. The number of rotatable bonds is 4. The van der Waals surface area contributed by atoms with Crippen molar-refractivity contribution in [3.63, 3.8) is 0 Å². The van der Waals surface area contributed by atoms with Gasteiger partial charge >= 0.3 is 0 Å². The fourth-order valence-electron chi connectivity index (χ4n) is 2.96. The van der Waals surface area contributed by atoms with E-state index in [1.165, 1.54) is 24.0 Å². The third kappa shape index (κ3) is 2.44. The molecule has 0 amide bonds. The van der Waals surface area contributed by atoms with Gasteiger partial charge in [-0.15, -0.1) is 0 Å². The molecule has 1 aromatic carbocycles. The van der Waals surface area contributed by atoms with E-state index in [4.69, 9.17) is 0 Å². The molecular weight excluding hydrogens is 206 g/mol. The van der Waals surface area contributed by atoms with E-state index in [9.17, 15) is 0 Å². The molecule has 0 aliphatic carbocycles. The lowest BCUT2D eigenvalue weighted by atomic mass is 9.82. The van der Waals surface area contributed by atoms with Gasteiger partial charge in [0.15, 0.2) is 0 Å². The van der Waals surface area contributed by atoms with Gasteiger partial charge < -0.3 is 5.32 Å². The Morgan fingerprint density at radius 3 is 2.94 bits per heavy atom. The highest BCUT2D eigenvalue weighted by atomic mass is 15.0. The minimum Gasteiger partial charge on any atom is -0.310 e. The van der Waals surface area contributed by atoms with Gasteiger partial charge in [-0.1, -0.05) is 57.2 Å². The van der Waals surface area contributed by atoms with Crippen LogP contribution in [-0.4, -0.2) is 6.54 Å². The average Bonchev–Trinajstić information content (AvgIpc) is 2.86. The molecule has 0 radical (unpaired) electrons. The van der Waals surface area contributed by atoms with Gasteiger partial charge in [0.1, 0.15) is 0 Å². The second kappa shape index (κ2) is 5.50. The van der Waals surface area contributed by atoms with Crippen molar-refractivity contribution in [2.75, 3.05) is 6.54 Å². The number of hydrogen-bond acceptors (Lipinski definition) is 1. The Morgan fingerprint density at radius 1 is 1.47 bits per heavy atom. The third-order valence-corrected chi connectivity index (χ3v) is 4.20. The van der Waals surface area contributed by atoms with E-state index < -0.39 is 0 Å². The Morgan fingerprint density at radius 2 is 2.24 bits per heavy atom. The Balaban J connectivity index is 2.29. The Kier molecular flexibility index (Phi) is 4.01. The summed E-state index contributed by atoms with van der Waals surface area (Å²) in [5, 5.41) is 3.67. The lowest BCUT2D eigenvalue weighted by Gasteiger charge is -2.26. The summed E-state index contributed by atoms with van der Waals surface area (Å²) in [5.74, 6) is 1.55. The maximum atomic E-state index is 3.93. The van der Waals surface area contributed by atoms with Gasteiger partial charge in [-0.25, -0.2) is 0 Å². The molecule has 1 aromatic rings. The number of nitrogens with one attached hydrogen (secondary N) is 1. The van der Waals surface area contributed by atoms with Crippen LogP contribution in [0.3, 0.4) is 0 Å². The highest BCUT2D eigenvalue weighted by molar-refractivity contribution is 5.53. The summed E-state index contributed by atoms with van der Waals surface area (Å²) in [5.41, 5.74) is 2.70. The predicted octanol–water partition coefficient (Wildman–Crippen LogP) is 4.03. The molecule has 0 aromatic heterocycles. The summed E-state index contributed by atoms with van der Waals surface area (Å²) in [6, 6.07) is 9.15. The lowest BCUT2D eigenvalue weighted by Crippen LogP contribution is -2.22. The van der Waals surface area contributed by atoms with Gasteiger partial charge in [0, 0.05) is 6.04 Å². The van der Waals surface area contributed by atoms with E-state index in [0.717, 1.165) is 18.4 Å². The van der Waals surface area contributed by atoms with Crippen molar-refractivity contribution < 1.29 is 0 Å². The molecule has 1 saturated heterocycles. The van der Waals surface area contributed by atoms with Crippen LogP contribution in [0.5, 0.6) is 0 Å². The zero-order chi connectivity index (χ0) is 12.3. The third-order valence-electron chi connectivity index (χ3n) is 4.20. The average molecular weight is 229 g/mol. The van der Waals surface area contributed by atoms with Crippen molar-refractivity contribution in [2.24, 2.45) is 11.8 Å². The van der Waals surface area contributed by atoms with Gasteiger partial charge in [-0.2, -0.15) is 0 Å². The highest BCUT2D eigenvalue weighted by Gasteiger charge is 2.32. The number of hydrogen-bond donors (Lipinski definition) is 1. The lowest BCUT2D eigenvalue weighted by molar-refractivity contribution is 0.316. The summed E-state index contributed by atoms with van der Waals surface area (Å²) in [4.78, 5) is 0. The van der Waals surface area contributed by atoms with Gasteiger partial charge in [-0.05, 0) is 35.9 Å². The van der Waals surface area contributed by atoms with Crippen molar-refractivity contribution in [1.29, 1.82) is 0 Å². The molecule has 1 N–H and O–H groups in total. The van der Waals surface area contributed by atoms with Crippen molar-refractivity contribution >= 4 is 6.08 Å². The van der Waals surface area contributed by atoms with Gasteiger partial charge in [0.05, 0.1) is 0 Å². The molecule has 0 spiro atoms. The molecule has 0 bridgehead atoms. The fourth-order valence-corrected chi connectivity index (χ4v) is 2.96. The van der Waals surface area contributed by atoms with E-state index in [-0.39, 0.29) is 0 Å². The molecule has 3 atom stereocenters. The Labute approximate surface area is 105 Å². The molecule has 1 heterocycles. The van der Waals surface area contributed by atoms with Crippen LogP contribution < -0.4 is 5.32 Å². The molecule has 1 nitrogen and oxygen atoms in total. The van der Waals surface area contributed by atoms with Crippen molar-refractivity contribution in [3.05, 3.63) is 42.0 Å². The van der Waals surface area contributed by atoms with Crippen molar-refractivity contribution in [2.45, 2.75) is 32.7 Å². The maximum Gasteiger partial charge on any atom is 0.0357 e. The molecule has 1 heteroatoms. The summed E-state index contributed by atoms with van der Waals surface area (Å²) in [6.07, 6.45) is 4.53. The number of benzene rings is 1. The van der Waals surface area contributed by atoms with Gasteiger partial charge in [0.2, 0.25) is 0 Å². The highest BCUT2D eigenvalue weighted by Crippen LogP contribution is 2.37. The topological polar surface area (TPSA) is 12.0 Å². The minimum atomic E-state index is 0.513. The van der Waals surface area contributed by atoms with Crippen LogP contribution in [0.15, 0.2) is 30.8 Å². The normalized spacial score (nSPS) is 25.8. The summed E-state index contributed by atoms with van der Waals surface area (Å²) in [6.45, 7) is 9.74. The monoisotopic (exact) mass is 229 g/mol. The first-order valence-electron chi connectivity index (χ1n) is 6.72. The standard InChI is InChI=1S/C16H23N/c1-4-12(3)14-10-11-17-16(14)15-9-7-6-8-13(15)5-2/h5-9,12,14,16-17H,2,4,10-11H2,1,3H3/t12?,14-,16-/m0/s1. The largest absolute Gasteiger partial charge is 0.310 e. The van der Waals surface area contributed by atoms with E-state index in [2.05, 4.69) is 50.0 Å².